The average Bonchev–Trinajstić information content (AvgIpc) is 2.64. The molecule has 15 heavy (non-hydrogen) atoms. The lowest BCUT2D eigenvalue weighted by atomic mass is 9.92. The van der Waals surface area contributed by atoms with E-state index in [-0.39, 0.29) is 0 Å². The minimum atomic E-state index is 0.474. The quantitative estimate of drug-likeness (QED) is 0.656. The molecule has 1 aliphatic rings. The Labute approximate surface area is 94.8 Å². The summed E-state index contributed by atoms with van der Waals surface area (Å²) in [4.78, 5) is 0. The van der Waals surface area contributed by atoms with Gasteiger partial charge >= 0.3 is 0 Å². The molecule has 3 unspecified atom stereocenters. The van der Waals surface area contributed by atoms with E-state index in [0.29, 0.717) is 12.1 Å². The van der Waals surface area contributed by atoms with Crippen molar-refractivity contribution in [3.63, 3.8) is 0 Å². The second kappa shape index (κ2) is 7.24. The van der Waals surface area contributed by atoms with Gasteiger partial charge < -0.3 is 10.1 Å². The zero-order valence-corrected chi connectivity index (χ0v) is 10.6. The summed E-state index contributed by atoms with van der Waals surface area (Å²) in [6, 6.07) is 0.687. The molecule has 1 saturated heterocycles. The molecule has 0 radical (unpaired) electrons. The average molecular weight is 213 g/mol. The maximum Gasteiger partial charge on any atom is 0.0551 e. The summed E-state index contributed by atoms with van der Waals surface area (Å²) in [7, 11) is 0. The van der Waals surface area contributed by atoms with Crippen molar-refractivity contribution in [1.82, 2.24) is 5.32 Å². The van der Waals surface area contributed by atoms with Crippen LogP contribution >= 0.6 is 0 Å². The van der Waals surface area contributed by atoms with Crippen molar-refractivity contribution in [2.45, 2.75) is 65.0 Å². The molecule has 1 N–H and O–H groups in total. The van der Waals surface area contributed by atoms with Crippen LogP contribution < -0.4 is 5.32 Å². The summed E-state index contributed by atoms with van der Waals surface area (Å²) in [5, 5.41) is 3.62. The number of nitrogens with one attached hydrogen (secondary N) is 1. The monoisotopic (exact) mass is 213 g/mol. The first-order chi connectivity index (χ1) is 7.27. The van der Waals surface area contributed by atoms with Crippen molar-refractivity contribution in [1.29, 1.82) is 0 Å². The third-order valence-corrected chi connectivity index (χ3v) is 3.38. The van der Waals surface area contributed by atoms with Crippen molar-refractivity contribution in [3.8, 4) is 0 Å². The topological polar surface area (TPSA) is 21.3 Å². The van der Waals surface area contributed by atoms with Crippen molar-refractivity contribution < 1.29 is 4.74 Å². The number of ether oxygens (including phenoxy) is 1. The highest BCUT2D eigenvalue weighted by Gasteiger charge is 2.28. The van der Waals surface area contributed by atoms with E-state index in [1.807, 2.05) is 0 Å². The fourth-order valence-electron chi connectivity index (χ4n) is 2.51. The largest absolute Gasteiger partial charge is 0.378 e. The van der Waals surface area contributed by atoms with Gasteiger partial charge in [0, 0.05) is 12.0 Å². The molecule has 1 fully saturated rings. The van der Waals surface area contributed by atoms with E-state index in [1.165, 1.54) is 32.1 Å². The molecule has 0 saturated carbocycles. The molecule has 3 atom stereocenters. The molecule has 0 aromatic heterocycles. The number of rotatable bonds is 7. The highest BCUT2D eigenvalue weighted by Crippen LogP contribution is 2.25. The molecule has 0 spiro atoms. The fourth-order valence-corrected chi connectivity index (χ4v) is 2.51. The van der Waals surface area contributed by atoms with Crippen molar-refractivity contribution in [2.75, 3.05) is 13.2 Å². The normalized spacial score (nSPS) is 28.2. The maximum absolute atomic E-state index is 5.66. The lowest BCUT2D eigenvalue weighted by molar-refractivity contribution is 0.116. The Morgan fingerprint density at radius 3 is 2.67 bits per heavy atom. The van der Waals surface area contributed by atoms with Gasteiger partial charge in [0.05, 0.1) is 12.7 Å². The zero-order valence-electron chi connectivity index (χ0n) is 10.6. The van der Waals surface area contributed by atoms with Gasteiger partial charge in [-0.25, -0.2) is 0 Å². The summed E-state index contributed by atoms with van der Waals surface area (Å²) in [6.07, 6.45) is 7.08. The lowest BCUT2D eigenvalue weighted by Gasteiger charge is -2.23. The molecule has 1 heterocycles. The summed E-state index contributed by atoms with van der Waals surface area (Å²) in [5.41, 5.74) is 0. The van der Waals surface area contributed by atoms with E-state index < -0.39 is 0 Å². The number of hydrogen-bond acceptors (Lipinski definition) is 2. The van der Waals surface area contributed by atoms with E-state index in [9.17, 15) is 0 Å². The third-order valence-electron chi connectivity index (χ3n) is 3.38. The smallest absolute Gasteiger partial charge is 0.0551 e. The molecule has 0 aromatic rings. The Morgan fingerprint density at radius 2 is 2.13 bits per heavy atom. The Hall–Kier alpha value is -0.0800. The first-order valence-corrected chi connectivity index (χ1v) is 6.62. The fraction of sp³-hybridized carbons (Fsp3) is 1.00. The molecule has 0 bridgehead atoms. The van der Waals surface area contributed by atoms with E-state index in [1.54, 1.807) is 0 Å². The molecule has 0 aliphatic carbocycles. The van der Waals surface area contributed by atoms with Gasteiger partial charge in [-0.3, -0.25) is 0 Å². The number of hydrogen-bond donors (Lipinski definition) is 1. The molecule has 90 valence electrons. The van der Waals surface area contributed by atoms with Gasteiger partial charge in [0.15, 0.2) is 0 Å². The van der Waals surface area contributed by atoms with Crippen LogP contribution in [0.15, 0.2) is 0 Å². The van der Waals surface area contributed by atoms with Gasteiger partial charge in [-0.1, -0.05) is 33.1 Å². The SMILES string of the molecule is CCCCCC(NCC)C1COC(C)C1. The molecule has 2 nitrogen and oxygen atoms in total. The minimum absolute atomic E-state index is 0.474. The van der Waals surface area contributed by atoms with E-state index in [4.69, 9.17) is 4.74 Å². The van der Waals surface area contributed by atoms with Crippen LogP contribution in [-0.4, -0.2) is 25.3 Å². The van der Waals surface area contributed by atoms with Crippen LogP contribution in [0.5, 0.6) is 0 Å². The number of unbranched alkanes of at least 4 members (excludes halogenated alkanes) is 2. The van der Waals surface area contributed by atoms with Gasteiger partial charge in [0.2, 0.25) is 0 Å². The minimum Gasteiger partial charge on any atom is -0.378 e. The van der Waals surface area contributed by atoms with Gasteiger partial charge in [-0.2, -0.15) is 0 Å². The summed E-state index contributed by atoms with van der Waals surface area (Å²) in [5.74, 6) is 0.747. The standard InChI is InChI=1S/C13H27NO/c1-4-6-7-8-13(14-5-2)12-9-11(3)15-10-12/h11-14H,4-10H2,1-3H3. The van der Waals surface area contributed by atoms with Crippen molar-refractivity contribution in [2.24, 2.45) is 5.92 Å². The first-order valence-electron chi connectivity index (χ1n) is 6.62. The lowest BCUT2D eigenvalue weighted by Crippen LogP contribution is -2.36. The molecular formula is C13H27NO. The van der Waals surface area contributed by atoms with Crippen LogP contribution in [0.4, 0.5) is 0 Å². The molecule has 0 aromatic carbocycles. The Bertz CT molecular complexity index is 161. The van der Waals surface area contributed by atoms with Crippen LogP contribution in [0.3, 0.4) is 0 Å². The van der Waals surface area contributed by atoms with E-state index in [2.05, 4.69) is 26.1 Å². The Morgan fingerprint density at radius 1 is 1.33 bits per heavy atom. The van der Waals surface area contributed by atoms with Crippen LogP contribution in [0.25, 0.3) is 0 Å². The predicted octanol–water partition coefficient (Wildman–Crippen LogP) is 2.97. The molecular weight excluding hydrogens is 186 g/mol. The highest BCUT2D eigenvalue weighted by atomic mass is 16.5. The first kappa shape index (κ1) is 13.0. The van der Waals surface area contributed by atoms with Crippen molar-refractivity contribution in [3.05, 3.63) is 0 Å². The van der Waals surface area contributed by atoms with Gasteiger partial charge in [0.1, 0.15) is 0 Å². The van der Waals surface area contributed by atoms with Gasteiger partial charge in [0.25, 0.3) is 0 Å². The zero-order chi connectivity index (χ0) is 11.1. The molecule has 0 amide bonds. The maximum atomic E-state index is 5.66. The van der Waals surface area contributed by atoms with E-state index in [0.717, 1.165) is 19.1 Å². The summed E-state index contributed by atoms with van der Waals surface area (Å²) < 4.78 is 5.66. The van der Waals surface area contributed by atoms with Crippen LogP contribution in [-0.2, 0) is 4.74 Å². The third kappa shape index (κ3) is 4.52. The highest BCUT2D eigenvalue weighted by molar-refractivity contribution is 4.81. The van der Waals surface area contributed by atoms with Crippen LogP contribution in [0, 0.1) is 5.92 Å². The Balaban J connectivity index is 2.28. The van der Waals surface area contributed by atoms with Crippen molar-refractivity contribution >= 4 is 0 Å². The Kier molecular flexibility index (Phi) is 6.26. The molecule has 1 aliphatic heterocycles. The van der Waals surface area contributed by atoms with E-state index >= 15 is 0 Å². The summed E-state index contributed by atoms with van der Waals surface area (Å²) in [6.45, 7) is 8.71. The second-order valence-electron chi connectivity index (χ2n) is 4.80. The van der Waals surface area contributed by atoms with Crippen LogP contribution in [0.1, 0.15) is 52.9 Å². The summed E-state index contributed by atoms with van der Waals surface area (Å²) >= 11 is 0. The van der Waals surface area contributed by atoms with Crippen LogP contribution in [0.2, 0.25) is 0 Å². The van der Waals surface area contributed by atoms with Gasteiger partial charge in [-0.05, 0) is 26.3 Å². The second-order valence-corrected chi connectivity index (χ2v) is 4.80. The molecule has 1 rings (SSSR count). The predicted molar refractivity (Wildman–Crippen MR) is 65.1 cm³/mol. The van der Waals surface area contributed by atoms with Gasteiger partial charge in [-0.15, -0.1) is 0 Å². The molecule has 2 heteroatoms.